The number of hydrogen-bond donors (Lipinski definition) is 1. The first-order valence-corrected chi connectivity index (χ1v) is 10.0. The Kier molecular flexibility index (Phi) is 5.01. The summed E-state index contributed by atoms with van der Waals surface area (Å²) in [4.78, 5) is 14.4. The molecule has 0 fully saturated rings. The van der Waals surface area contributed by atoms with E-state index in [0.29, 0.717) is 36.7 Å². The summed E-state index contributed by atoms with van der Waals surface area (Å²) in [7, 11) is -3.74. The van der Waals surface area contributed by atoms with Crippen LogP contribution < -0.4 is 9.46 Å². The molecule has 0 spiro atoms. The molecule has 0 unspecified atom stereocenters. The molecule has 0 saturated carbocycles. The molecule has 0 aliphatic carbocycles. The molecular formula is C17H17BrN2O4S. The molecule has 1 aliphatic heterocycles. The molecule has 8 heteroatoms. The number of ether oxygens (including phenoxy) is 1. The highest BCUT2D eigenvalue weighted by molar-refractivity contribution is 9.10. The van der Waals surface area contributed by atoms with E-state index in [0.717, 1.165) is 4.47 Å². The second kappa shape index (κ2) is 7.05. The van der Waals surface area contributed by atoms with E-state index in [9.17, 15) is 13.2 Å². The molecule has 1 aliphatic rings. The molecule has 0 saturated heterocycles. The van der Waals surface area contributed by atoms with Gasteiger partial charge in [-0.2, -0.15) is 0 Å². The number of sulfonamides is 1. The van der Waals surface area contributed by atoms with Crippen LogP contribution in [0.25, 0.3) is 0 Å². The third-order valence-corrected chi connectivity index (χ3v) is 5.80. The summed E-state index contributed by atoms with van der Waals surface area (Å²) in [5.74, 6) is 0.298. The van der Waals surface area contributed by atoms with Gasteiger partial charge in [-0.25, -0.2) is 8.42 Å². The van der Waals surface area contributed by atoms with E-state index < -0.39 is 10.0 Å². The summed E-state index contributed by atoms with van der Waals surface area (Å²) in [5, 5.41) is 0. The molecule has 2 aromatic rings. The fourth-order valence-corrected chi connectivity index (χ4v) is 3.87. The third-order valence-electron chi connectivity index (χ3n) is 3.87. The fourth-order valence-electron chi connectivity index (χ4n) is 2.55. The van der Waals surface area contributed by atoms with E-state index in [4.69, 9.17) is 4.74 Å². The molecule has 1 heterocycles. The lowest BCUT2D eigenvalue weighted by Gasteiger charge is -2.17. The molecule has 25 heavy (non-hydrogen) atoms. The van der Waals surface area contributed by atoms with Gasteiger partial charge in [0, 0.05) is 16.7 Å². The molecule has 0 aromatic heterocycles. The van der Waals surface area contributed by atoms with Gasteiger partial charge in [-0.1, -0.05) is 15.9 Å². The number of hydrogen-bond acceptors (Lipinski definition) is 4. The third kappa shape index (κ3) is 3.80. The highest BCUT2D eigenvalue weighted by Gasteiger charge is 2.23. The molecule has 1 amide bonds. The van der Waals surface area contributed by atoms with Crippen molar-refractivity contribution in [2.75, 3.05) is 24.4 Å². The summed E-state index contributed by atoms with van der Waals surface area (Å²) in [6.07, 6.45) is 0. The van der Waals surface area contributed by atoms with Crippen LogP contribution in [0.5, 0.6) is 5.75 Å². The Bertz CT molecular complexity index is 897. The number of carbonyl (C=O) groups is 1. The minimum atomic E-state index is -3.74. The summed E-state index contributed by atoms with van der Waals surface area (Å²) < 4.78 is 33.9. The Hall–Kier alpha value is -2.06. The van der Waals surface area contributed by atoms with E-state index in [2.05, 4.69) is 20.7 Å². The smallest absolute Gasteiger partial charge is 0.261 e. The van der Waals surface area contributed by atoms with E-state index in [1.807, 2.05) is 6.92 Å². The number of benzene rings is 2. The standard InChI is InChI=1S/C17H17BrN2O4S/c1-2-20-9-10-24-16-8-5-13(11-15(16)17(20)21)19-25(22,23)14-6-3-12(18)4-7-14/h3-8,11,19H,2,9-10H2,1H3. The van der Waals surface area contributed by atoms with Crippen LogP contribution in [-0.4, -0.2) is 38.9 Å². The predicted octanol–water partition coefficient (Wildman–Crippen LogP) is 3.10. The number of nitrogens with one attached hydrogen (secondary N) is 1. The number of rotatable bonds is 4. The fraction of sp³-hybridized carbons (Fsp3) is 0.235. The Balaban J connectivity index is 1.92. The SMILES string of the molecule is CCN1CCOc2ccc(NS(=O)(=O)c3ccc(Br)cc3)cc2C1=O. The predicted molar refractivity (Wildman–Crippen MR) is 98.5 cm³/mol. The summed E-state index contributed by atoms with van der Waals surface area (Å²) in [5.41, 5.74) is 0.673. The normalized spacial score (nSPS) is 14.5. The molecular weight excluding hydrogens is 408 g/mol. The maximum absolute atomic E-state index is 12.6. The zero-order valence-electron chi connectivity index (χ0n) is 13.5. The van der Waals surface area contributed by atoms with Crippen molar-refractivity contribution >= 4 is 37.5 Å². The van der Waals surface area contributed by atoms with Crippen LogP contribution in [0.4, 0.5) is 5.69 Å². The van der Waals surface area contributed by atoms with Gasteiger partial charge in [0.2, 0.25) is 0 Å². The summed E-state index contributed by atoms with van der Waals surface area (Å²) >= 11 is 3.28. The lowest BCUT2D eigenvalue weighted by atomic mass is 10.1. The Morgan fingerprint density at radius 3 is 2.60 bits per heavy atom. The number of anilines is 1. The molecule has 0 radical (unpaired) electrons. The Morgan fingerprint density at radius 1 is 1.20 bits per heavy atom. The van der Waals surface area contributed by atoms with E-state index in [1.165, 1.54) is 18.2 Å². The average molecular weight is 425 g/mol. The molecule has 0 atom stereocenters. The first-order chi connectivity index (χ1) is 11.9. The summed E-state index contributed by atoms with van der Waals surface area (Å²) in [6, 6.07) is 11.0. The van der Waals surface area contributed by atoms with Crippen LogP contribution in [0.1, 0.15) is 17.3 Å². The second-order valence-electron chi connectivity index (χ2n) is 5.50. The first-order valence-electron chi connectivity index (χ1n) is 7.75. The zero-order valence-corrected chi connectivity index (χ0v) is 15.9. The van der Waals surface area contributed by atoms with Gasteiger partial charge in [0.1, 0.15) is 12.4 Å². The molecule has 6 nitrogen and oxygen atoms in total. The minimum absolute atomic E-state index is 0.142. The number of likely N-dealkylation sites (N-methyl/N-ethyl adjacent to an activating group) is 1. The van der Waals surface area contributed by atoms with Gasteiger partial charge in [-0.05, 0) is 49.4 Å². The van der Waals surface area contributed by atoms with Crippen molar-refractivity contribution in [1.82, 2.24) is 4.90 Å². The molecule has 2 aromatic carbocycles. The summed E-state index contributed by atoms with van der Waals surface area (Å²) in [6.45, 7) is 3.37. The van der Waals surface area contributed by atoms with Crippen LogP contribution in [0, 0.1) is 0 Å². The van der Waals surface area contributed by atoms with Crippen molar-refractivity contribution in [3.63, 3.8) is 0 Å². The quantitative estimate of drug-likeness (QED) is 0.817. The van der Waals surface area contributed by atoms with Crippen LogP contribution in [0.2, 0.25) is 0 Å². The lowest BCUT2D eigenvalue weighted by molar-refractivity contribution is 0.0765. The van der Waals surface area contributed by atoms with Gasteiger partial charge in [-0.15, -0.1) is 0 Å². The van der Waals surface area contributed by atoms with Crippen molar-refractivity contribution in [2.24, 2.45) is 0 Å². The van der Waals surface area contributed by atoms with Gasteiger partial charge < -0.3 is 9.64 Å². The van der Waals surface area contributed by atoms with Gasteiger partial charge in [0.05, 0.1) is 17.0 Å². The van der Waals surface area contributed by atoms with Crippen LogP contribution in [-0.2, 0) is 10.0 Å². The first kappa shape index (κ1) is 17.8. The lowest BCUT2D eigenvalue weighted by Crippen LogP contribution is -2.32. The van der Waals surface area contributed by atoms with Gasteiger partial charge in [0.15, 0.2) is 0 Å². The second-order valence-corrected chi connectivity index (χ2v) is 8.10. The van der Waals surface area contributed by atoms with Crippen molar-refractivity contribution in [3.05, 3.63) is 52.5 Å². The number of fused-ring (bicyclic) bond motifs is 1. The molecule has 132 valence electrons. The van der Waals surface area contributed by atoms with Crippen molar-refractivity contribution in [3.8, 4) is 5.75 Å². The number of carbonyl (C=O) groups excluding carboxylic acids is 1. The van der Waals surface area contributed by atoms with E-state index in [1.54, 1.807) is 29.2 Å². The van der Waals surface area contributed by atoms with Crippen LogP contribution in [0.3, 0.4) is 0 Å². The topological polar surface area (TPSA) is 75.7 Å². The van der Waals surface area contributed by atoms with Gasteiger partial charge >= 0.3 is 0 Å². The zero-order chi connectivity index (χ0) is 18.0. The van der Waals surface area contributed by atoms with Crippen molar-refractivity contribution in [1.29, 1.82) is 0 Å². The van der Waals surface area contributed by atoms with Gasteiger partial charge in [0.25, 0.3) is 15.9 Å². The largest absolute Gasteiger partial charge is 0.491 e. The van der Waals surface area contributed by atoms with Crippen molar-refractivity contribution in [2.45, 2.75) is 11.8 Å². The maximum atomic E-state index is 12.6. The maximum Gasteiger partial charge on any atom is 0.261 e. The number of halogens is 1. The number of amides is 1. The molecule has 0 bridgehead atoms. The minimum Gasteiger partial charge on any atom is -0.491 e. The average Bonchev–Trinajstić information content (AvgIpc) is 2.74. The monoisotopic (exact) mass is 424 g/mol. The Labute approximate surface area is 155 Å². The van der Waals surface area contributed by atoms with Gasteiger partial charge in [-0.3, -0.25) is 9.52 Å². The van der Waals surface area contributed by atoms with Crippen molar-refractivity contribution < 1.29 is 17.9 Å². The highest BCUT2D eigenvalue weighted by Crippen LogP contribution is 2.28. The molecule has 1 N–H and O–H groups in total. The van der Waals surface area contributed by atoms with Crippen LogP contribution >= 0.6 is 15.9 Å². The molecule has 3 rings (SSSR count). The van der Waals surface area contributed by atoms with E-state index in [-0.39, 0.29) is 10.8 Å². The number of nitrogens with zero attached hydrogens (tertiary/aromatic N) is 1. The van der Waals surface area contributed by atoms with E-state index >= 15 is 0 Å². The van der Waals surface area contributed by atoms with Crippen LogP contribution in [0.15, 0.2) is 51.8 Å². The Morgan fingerprint density at radius 2 is 1.92 bits per heavy atom. The highest BCUT2D eigenvalue weighted by atomic mass is 79.9.